The van der Waals surface area contributed by atoms with Crippen molar-refractivity contribution in [3.05, 3.63) is 36.0 Å². The van der Waals surface area contributed by atoms with Crippen molar-refractivity contribution in [2.75, 3.05) is 13.1 Å². The number of carboxylic acid groups (broad SMARTS) is 1. The maximum atomic E-state index is 13.3. The highest BCUT2D eigenvalue weighted by molar-refractivity contribution is 5.90. The highest BCUT2D eigenvalue weighted by Crippen LogP contribution is 2.20. The number of aromatic amines is 1. The Morgan fingerprint density at radius 1 is 0.872 bits per heavy atom. The van der Waals surface area contributed by atoms with Gasteiger partial charge in [0.15, 0.2) is 0 Å². The van der Waals surface area contributed by atoms with Crippen molar-refractivity contribution in [3.63, 3.8) is 0 Å². The van der Waals surface area contributed by atoms with Crippen LogP contribution in [0.1, 0.15) is 97.0 Å². The van der Waals surface area contributed by atoms with Gasteiger partial charge in [-0.25, -0.2) is 4.79 Å². The van der Waals surface area contributed by atoms with Crippen molar-refractivity contribution in [1.82, 2.24) is 20.9 Å². The van der Waals surface area contributed by atoms with Gasteiger partial charge in [0.05, 0.1) is 5.92 Å². The van der Waals surface area contributed by atoms with Gasteiger partial charge in [0, 0.05) is 36.6 Å². The molecule has 0 aliphatic heterocycles. The van der Waals surface area contributed by atoms with E-state index in [0.29, 0.717) is 19.4 Å². The molecule has 2 aromatic rings. The summed E-state index contributed by atoms with van der Waals surface area (Å²) in [6, 6.07) is 7.13. The van der Waals surface area contributed by atoms with Gasteiger partial charge in [0.25, 0.3) is 0 Å². The lowest BCUT2D eigenvalue weighted by molar-refractivity contribution is -0.131. The Morgan fingerprint density at radius 3 is 2.15 bits per heavy atom. The predicted molar refractivity (Wildman–Crippen MR) is 158 cm³/mol. The summed E-state index contributed by atoms with van der Waals surface area (Å²) in [6.45, 7) is 6.80. The number of H-pyrrole nitrogens is 1. The molecule has 39 heavy (non-hydrogen) atoms. The van der Waals surface area contributed by atoms with Crippen LogP contribution in [0.3, 0.4) is 0 Å². The Hall–Kier alpha value is -3.03. The molecule has 2 rings (SSSR count). The van der Waals surface area contributed by atoms with Crippen LogP contribution in [0.5, 0.6) is 0 Å². The van der Waals surface area contributed by atoms with E-state index in [2.05, 4.69) is 27.9 Å². The largest absolute Gasteiger partial charge is 0.465 e. The van der Waals surface area contributed by atoms with Crippen molar-refractivity contribution >= 4 is 28.8 Å². The molecule has 0 bridgehead atoms. The van der Waals surface area contributed by atoms with Crippen LogP contribution in [0.15, 0.2) is 30.5 Å². The SMILES string of the molecule is CCCCCCCCCCCCNC(=O)[C@H](Cc1c[nH]c2ccccc12)NC(=O)C(CNC(=O)O)CC(C)C. The second kappa shape index (κ2) is 18.3. The number of unbranched alkanes of at least 4 members (excludes halogenated alkanes) is 9. The molecule has 0 radical (unpaired) electrons. The number of amides is 3. The summed E-state index contributed by atoms with van der Waals surface area (Å²) in [4.78, 5) is 40.8. The van der Waals surface area contributed by atoms with Gasteiger partial charge in [-0.1, -0.05) is 96.8 Å². The molecule has 0 aliphatic rings. The molecule has 0 fully saturated rings. The molecule has 0 saturated heterocycles. The first-order chi connectivity index (χ1) is 18.8. The normalized spacial score (nSPS) is 12.8. The number of aromatic nitrogens is 1. The summed E-state index contributed by atoms with van der Waals surface area (Å²) in [5.41, 5.74) is 1.93. The van der Waals surface area contributed by atoms with E-state index in [0.717, 1.165) is 29.3 Å². The number of benzene rings is 1. The monoisotopic (exact) mass is 542 g/mol. The highest BCUT2D eigenvalue weighted by atomic mass is 16.4. The van der Waals surface area contributed by atoms with E-state index in [1.165, 1.54) is 51.4 Å². The number of hydrogen-bond donors (Lipinski definition) is 5. The van der Waals surface area contributed by atoms with Gasteiger partial charge in [0.2, 0.25) is 11.8 Å². The lowest BCUT2D eigenvalue weighted by Crippen LogP contribution is -2.51. The topological polar surface area (TPSA) is 123 Å². The molecule has 218 valence electrons. The molecule has 1 heterocycles. The van der Waals surface area contributed by atoms with Gasteiger partial charge < -0.3 is 26.0 Å². The van der Waals surface area contributed by atoms with Gasteiger partial charge >= 0.3 is 6.09 Å². The quantitative estimate of drug-likeness (QED) is 0.129. The number of nitrogens with one attached hydrogen (secondary N) is 4. The molecule has 8 heteroatoms. The Balaban J connectivity index is 1.94. The third-order valence-electron chi connectivity index (χ3n) is 7.19. The van der Waals surface area contributed by atoms with Gasteiger partial charge in [0.1, 0.15) is 6.04 Å². The lowest BCUT2D eigenvalue weighted by Gasteiger charge is -2.23. The van der Waals surface area contributed by atoms with Gasteiger partial charge in [-0.15, -0.1) is 0 Å². The number of carbonyl (C=O) groups excluding carboxylic acids is 2. The van der Waals surface area contributed by atoms with E-state index >= 15 is 0 Å². The average Bonchev–Trinajstić information content (AvgIpc) is 3.31. The zero-order chi connectivity index (χ0) is 28.5. The van der Waals surface area contributed by atoms with Crippen molar-refractivity contribution in [3.8, 4) is 0 Å². The Kier molecular flexibility index (Phi) is 15.1. The second-order valence-electron chi connectivity index (χ2n) is 11.1. The first-order valence-electron chi connectivity index (χ1n) is 14.9. The van der Waals surface area contributed by atoms with Crippen molar-refractivity contribution in [1.29, 1.82) is 0 Å². The molecule has 5 N–H and O–H groups in total. The fourth-order valence-corrected chi connectivity index (χ4v) is 5.03. The fraction of sp³-hybridized carbons (Fsp3) is 0.645. The van der Waals surface area contributed by atoms with Crippen LogP contribution in [0.25, 0.3) is 10.9 Å². The van der Waals surface area contributed by atoms with Crippen molar-refractivity contribution in [2.24, 2.45) is 11.8 Å². The standard InChI is InChI=1S/C31H50N4O4/c1-4-5-6-7-8-9-10-11-12-15-18-32-30(37)28(20-24-21-33-27-17-14-13-16-26(24)27)35-29(36)25(19-23(2)3)22-34-31(38)39/h13-14,16-17,21,23,25,28,33-34H,4-12,15,18-20,22H2,1-3H3,(H,32,37)(H,35,36)(H,38,39)/t25?,28-/m0/s1. The van der Waals surface area contributed by atoms with Crippen LogP contribution in [0.4, 0.5) is 4.79 Å². The van der Waals surface area contributed by atoms with E-state index < -0.39 is 18.1 Å². The van der Waals surface area contributed by atoms with E-state index in [4.69, 9.17) is 5.11 Å². The third kappa shape index (κ3) is 12.6. The van der Waals surface area contributed by atoms with Crippen molar-refractivity contribution < 1.29 is 19.5 Å². The van der Waals surface area contributed by atoms with Crippen LogP contribution in [0, 0.1) is 11.8 Å². The van der Waals surface area contributed by atoms with Crippen molar-refractivity contribution in [2.45, 2.75) is 104 Å². The molecule has 8 nitrogen and oxygen atoms in total. The minimum absolute atomic E-state index is 0.0133. The summed E-state index contributed by atoms with van der Waals surface area (Å²) >= 11 is 0. The Morgan fingerprint density at radius 2 is 1.51 bits per heavy atom. The van der Waals surface area contributed by atoms with Gasteiger partial charge in [-0.05, 0) is 30.4 Å². The highest BCUT2D eigenvalue weighted by Gasteiger charge is 2.27. The minimum Gasteiger partial charge on any atom is -0.465 e. The number of carbonyl (C=O) groups is 3. The molecule has 1 aromatic heterocycles. The van der Waals surface area contributed by atoms with E-state index in [-0.39, 0.29) is 24.3 Å². The summed E-state index contributed by atoms with van der Waals surface area (Å²) in [6.07, 6.45) is 13.9. The van der Waals surface area contributed by atoms with E-state index in [1.807, 2.05) is 44.3 Å². The molecule has 0 spiro atoms. The molecule has 2 atom stereocenters. The van der Waals surface area contributed by atoms with E-state index in [9.17, 15) is 14.4 Å². The molecule has 3 amide bonds. The van der Waals surface area contributed by atoms with Crippen LogP contribution < -0.4 is 16.0 Å². The Bertz CT molecular complexity index is 1000. The molecule has 1 aromatic carbocycles. The predicted octanol–water partition coefficient (Wildman–Crippen LogP) is 6.16. The maximum Gasteiger partial charge on any atom is 0.404 e. The first-order valence-corrected chi connectivity index (χ1v) is 14.9. The summed E-state index contributed by atoms with van der Waals surface area (Å²) < 4.78 is 0. The zero-order valence-corrected chi connectivity index (χ0v) is 24.2. The third-order valence-corrected chi connectivity index (χ3v) is 7.19. The molecule has 0 saturated carbocycles. The van der Waals surface area contributed by atoms with Crippen LogP contribution in [-0.4, -0.2) is 47.1 Å². The van der Waals surface area contributed by atoms with Crippen LogP contribution in [0.2, 0.25) is 0 Å². The molecular weight excluding hydrogens is 492 g/mol. The smallest absolute Gasteiger partial charge is 0.404 e. The fourth-order valence-electron chi connectivity index (χ4n) is 5.03. The first kappa shape index (κ1) is 32.2. The zero-order valence-electron chi connectivity index (χ0n) is 24.2. The molecular formula is C31H50N4O4. The number of hydrogen-bond acceptors (Lipinski definition) is 3. The number of fused-ring (bicyclic) bond motifs is 1. The number of para-hydroxylation sites is 1. The number of rotatable bonds is 20. The summed E-state index contributed by atoms with van der Waals surface area (Å²) in [5.74, 6) is -0.870. The summed E-state index contributed by atoms with van der Waals surface area (Å²) in [7, 11) is 0. The second-order valence-corrected chi connectivity index (χ2v) is 11.1. The lowest BCUT2D eigenvalue weighted by atomic mass is 9.95. The van der Waals surface area contributed by atoms with Gasteiger partial charge in [-0.3, -0.25) is 9.59 Å². The van der Waals surface area contributed by atoms with E-state index in [1.54, 1.807) is 0 Å². The van der Waals surface area contributed by atoms with Crippen LogP contribution >= 0.6 is 0 Å². The average molecular weight is 543 g/mol. The summed E-state index contributed by atoms with van der Waals surface area (Å²) in [5, 5.41) is 18.4. The molecule has 0 aliphatic carbocycles. The Labute approximate surface area is 234 Å². The maximum absolute atomic E-state index is 13.3. The minimum atomic E-state index is -1.17. The van der Waals surface area contributed by atoms with Gasteiger partial charge in [-0.2, -0.15) is 0 Å². The van der Waals surface area contributed by atoms with Crippen LogP contribution in [-0.2, 0) is 16.0 Å². The molecule has 1 unspecified atom stereocenters.